The van der Waals surface area contributed by atoms with E-state index in [9.17, 15) is 4.79 Å². The average Bonchev–Trinajstić information content (AvgIpc) is 3.00. The van der Waals surface area contributed by atoms with Gasteiger partial charge in [0.2, 0.25) is 5.89 Å². The summed E-state index contributed by atoms with van der Waals surface area (Å²) < 4.78 is 4.84. The second-order valence-electron chi connectivity index (χ2n) is 4.60. The minimum atomic E-state index is -0.260. The third-order valence-electron chi connectivity index (χ3n) is 3.13. The van der Waals surface area contributed by atoms with E-state index in [0.717, 1.165) is 5.69 Å². The van der Waals surface area contributed by atoms with E-state index in [1.165, 1.54) is 11.9 Å². The van der Waals surface area contributed by atoms with Crippen molar-refractivity contribution in [2.45, 2.75) is 19.4 Å². The van der Waals surface area contributed by atoms with Crippen molar-refractivity contribution >= 4 is 11.7 Å². The fourth-order valence-electron chi connectivity index (χ4n) is 1.79. The SMILES string of the molecule is CNC(C)c1ccc(NC(=O)NCCc2ncno2)cc1. The number of amides is 2. The molecule has 0 aliphatic carbocycles. The van der Waals surface area contributed by atoms with E-state index in [4.69, 9.17) is 4.52 Å². The Morgan fingerprint density at radius 3 is 2.71 bits per heavy atom. The number of nitrogens with zero attached hydrogens (tertiary/aromatic N) is 2. The minimum absolute atomic E-state index is 0.260. The molecule has 7 nitrogen and oxygen atoms in total. The van der Waals surface area contributed by atoms with Crippen LogP contribution in [0.3, 0.4) is 0 Å². The summed E-state index contributed by atoms with van der Waals surface area (Å²) in [7, 11) is 1.91. The van der Waals surface area contributed by atoms with Crippen LogP contribution in [0.25, 0.3) is 0 Å². The first kappa shape index (κ1) is 15.0. The molecule has 7 heteroatoms. The molecule has 1 aromatic carbocycles. The van der Waals surface area contributed by atoms with Crippen molar-refractivity contribution in [3.63, 3.8) is 0 Å². The standard InChI is InChI=1S/C14H19N5O2/c1-10(15-2)11-3-5-12(6-4-11)19-14(20)16-8-7-13-17-9-18-21-13/h3-6,9-10,15H,7-8H2,1-2H3,(H2,16,19,20). The molecule has 1 unspecified atom stereocenters. The molecule has 0 fully saturated rings. The van der Waals surface area contributed by atoms with Crippen molar-refractivity contribution in [1.82, 2.24) is 20.8 Å². The van der Waals surface area contributed by atoms with Gasteiger partial charge >= 0.3 is 6.03 Å². The summed E-state index contributed by atoms with van der Waals surface area (Å²) >= 11 is 0. The first-order chi connectivity index (χ1) is 10.2. The number of urea groups is 1. The Balaban J connectivity index is 1.77. The van der Waals surface area contributed by atoms with E-state index in [1.54, 1.807) is 0 Å². The minimum Gasteiger partial charge on any atom is -0.340 e. The molecule has 0 bridgehead atoms. The predicted molar refractivity (Wildman–Crippen MR) is 78.9 cm³/mol. The zero-order chi connectivity index (χ0) is 15.1. The number of hydrogen-bond acceptors (Lipinski definition) is 5. The van der Waals surface area contributed by atoms with Gasteiger partial charge in [-0.2, -0.15) is 4.98 Å². The third-order valence-corrected chi connectivity index (χ3v) is 3.13. The van der Waals surface area contributed by atoms with Crippen molar-refractivity contribution in [3.05, 3.63) is 42.0 Å². The molecule has 2 rings (SSSR count). The summed E-state index contributed by atoms with van der Waals surface area (Å²) in [5, 5.41) is 12.2. The summed E-state index contributed by atoms with van der Waals surface area (Å²) in [4.78, 5) is 15.6. The lowest BCUT2D eigenvalue weighted by atomic mass is 10.1. The van der Waals surface area contributed by atoms with Crippen molar-refractivity contribution in [3.8, 4) is 0 Å². The Bertz CT molecular complexity index is 553. The predicted octanol–water partition coefficient (Wildman–Crippen LogP) is 1.71. The van der Waals surface area contributed by atoms with E-state index >= 15 is 0 Å². The summed E-state index contributed by atoms with van der Waals surface area (Å²) in [6.45, 7) is 2.51. The molecule has 0 saturated heterocycles. The molecule has 0 aliphatic rings. The number of rotatable bonds is 6. The summed E-state index contributed by atoms with van der Waals surface area (Å²) in [5.41, 5.74) is 1.91. The van der Waals surface area contributed by atoms with Crippen LogP contribution in [0.15, 0.2) is 35.1 Å². The van der Waals surface area contributed by atoms with Crippen LogP contribution in [0.1, 0.15) is 24.4 Å². The number of carbonyl (C=O) groups is 1. The van der Waals surface area contributed by atoms with Crippen molar-refractivity contribution in [2.24, 2.45) is 0 Å². The number of nitrogens with one attached hydrogen (secondary N) is 3. The summed E-state index contributed by atoms with van der Waals surface area (Å²) in [5.74, 6) is 0.501. The molecule has 1 aromatic heterocycles. The molecule has 1 atom stereocenters. The van der Waals surface area contributed by atoms with Crippen molar-refractivity contribution in [1.29, 1.82) is 0 Å². The van der Waals surface area contributed by atoms with Crippen LogP contribution in [-0.2, 0) is 6.42 Å². The van der Waals surface area contributed by atoms with E-state index in [2.05, 4.69) is 33.0 Å². The monoisotopic (exact) mass is 289 g/mol. The molecule has 2 amide bonds. The van der Waals surface area contributed by atoms with Gasteiger partial charge in [-0.1, -0.05) is 17.3 Å². The van der Waals surface area contributed by atoms with Gasteiger partial charge in [0, 0.05) is 24.7 Å². The Hall–Kier alpha value is -2.41. The topological polar surface area (TPSA) is 92.1 Å². The van der Waals surface area contributed by atoms with Gasteiger partial charge in [-0.3, -0.25) is 0 Å². The Morgan fingerprint density at radius 2 is 2.10 bits per heavy atom. The van der Waals surface area contributed by atoms with Crippen LogP contribution >= 0.6 is 0 Å². The molecule has 0 radical (unpaired) electrons. The molecule has 112 valence electrons. The normalized spacial score (nSPS) is 11.9. The Morgan fingerprint density at radius 1 is 1.33 bits per heavy atom. The lowest BCUT2D eigenvalue weighted by Gasteiger charge is -2.12. The van der Waals surface area contributed by atoms with Crippen LogP contribution in [0.5, 0.6) is 0 Å². The maximum atomic E-state index is 11.7. The van der Waals surface area contributed by atoms with Gasteiger partial charge in [0.25, 0.3) is 0 Å². The van der Waals surface area contributed by atoms with Crippen LogP contribution in [0.4, 0.5) is 10.5 Å². The maximum Gasteiger partial charge on any atom is 0.319 e. The van der Waals surface area contributed by atoms with E-state index in [0.29, 0.717) is 18.9 Å². The molecule has 0 aliphatic heterocycles. The largest absolute Gasteiger partial charge is 0.340 e. The van der Waals surface area contributed by atoms with Gasteiger partial charge in [-0.15, -0.1) is 0 Å². The zero-order valence-electron chi connectivity index (χ0n) is 12.1. The lowest BCUT2D eigenvalue weighted by Crippen LogP contribution is -2.30. The summed E-state index contributed by atoms with van der Waals surface area (Å²) in [6.07, 6.45) is 1.84. The summed E-state index contributed by atoms with van der Waals surface area (Å²) in [6, 6.07) is 7.73. The molecule has 21 heavy (non-hydrogen) atoms. The highest BCUT2D eigenvalue weighted by atomic mass is 16.5. The first-order valence-electron chi connectivity index (χ1n) is 6.76. The highest BCUT2D eigenvalue weighted by Gasteiger charge is 2.05. The molecule has 0 saturated carbocycles. The van der Waals surface area contributed by atoms with Gasteiger partial charge in [-0.05, 0) is 31.7 Å². The smallest absolute Gasteiger partial charge is 0.319 e. The molecular weight excluding hydrogens is 270 g/mol. The van der Waals surface area contributed by atoms with Crippen LogP contribution < -0.4 is 16.0 Å². The molecule has 0 spiro atoms. The Kier molecular flexibility index (Phi) is 5.28. The number of benzene rings is 1. The number of aromatic nitrogens is 2. The van der Waals surface area contributed by atoms with Gasteiger partial charge < -0.3 is 20.5 Å². The molecule has 1 heterocycles. The zero-order valence-corrected chi connectivity index (χ0v) is 12.1. The second kappa shape index (κ2) is 7.39. The average molecular weight is 289 g/mol. The number of carbonyl (C=O) groups excluding carboxylic acids is 1. The maximum absolute atomic E-state index is 11.7. The van der Waals surface area contributed by atoms with Crippen LogP contribution in [0.2, 0.25) is 0 Å². The van der Waals surface area contributed by atoms with E-state index in [1.807, 2.05) is 31.3 Å². The highest BCUT2D eigenvalue weighted by Crippen LogP contribution is 2.15. The lowest BCUT2D eigenvalue weighted by molar-refractivity contribution is 0.252. The van der Waals surface area contributed by atoms with Crippen molar-refractivity contribution in [2.75, 3.05) is 18.9 Å². The van der Waals surface area contributed by atoms with E-state index < -0.39 is 0 Å². The van der Waals surface area contributed by atoms with Crippen LogP contribution in [-0.4, -0.2) is 29.8 Å². The van der Waals surface area contributed by atoms with Gasteiger partial charge in [0.15, 0.2) is 6.33 Å². The Labute approximate surface area is 123 Å². The van der Waals surface area contributed by atoms with Gasteiger partial charge in [-0.25, -0.2) is 4.79 Å². The van der Waals surface area contributed by atoms with Gasteiger partial charge in [0.1, 0.15) is 0 Å². The molecule has 3 N–H and O–H groups in total. The highest BCUT2D eigenvalue weighted by molar-refractivity contribution is 5.89. The molecule has 2 aromatic rings. The first-order valence-corrected chi connectivity index (χ1v) is 6.76. The number of hydrogen-bond donors (Lipinski definition) is 3. The third kappa shape index (κ3) is 4.57. The number of anilines is 1. The second-order valence-corrected chi connectivity index (χ2v) is 4.60. The fraction of sp³-hybridized carbons (Fsp3) is 0.357. The van der Waals surface area contributed by atoms with E-state index in [-0.39, 0.29) is 12.1 Å². The quantitative estimate of drug-likeness (QED) is 0.753. The van der Waals surface area contributed by atoms with Gasteiger partial charge in [0.05, 0.1) is 0 Å². The van der Waals surface area contributed by atoms with Crippen molar-refractivity contribution < 1.29 is 9.32 Å². The fourth-order valence-corrected chi connectivity index (χ4v) is 1.79. The molecular formula is C14H19N5O2. The van der Waals surface area contributed by atoms with Crippen LogP contribution in [0, 0.1) is 0 Å².